The number of nitrogens with zero attached hydrogens (tertiary/aromatic N) is 1. The first-order valence-electron chi connectivity index (χ1n) is 21.4. The summed E-state index contributed by atoms with van der Waals surface area (Å²) >= 11 is 0. The number of rotatable bonds is 8. The number of fused-ring (bicyclic) bond motifs is 6. The van der Waals surface area contributed by atoms with Gasteiger partial charge >= 0.3 is 0 Å². The summed E-state index contributed by atoms with van der Waals surface area (Å²) in [6, 6.07) is 83.9. The summed E-state index contributed by atoms with van der Waals surface area (Å²) in [4.78, 5) is 2.40. The molecule has 0 bridgehead atoms. The molecule has 0 N–H and O–H groups in total. The van der Waals surface area contributed by atoms with E-state index < -0.39 is 0 Å². The van der Waals surface area contributed by atoms with Gasteiger partial charge in [0.1, 0.15) is 22.3 Å². The zero-order valence-electron chi connectivity index (χ0n) is 34.3. The maximum absolute atomic E-state index is 7.06. The van der Waals surface area contributed by atoms with Crippen LogP contribution in [0, 0.1) is 0 Å². The molecule has 12 rings (SSSR count). The van der Waals surface area contributed by atoms with Gasteiger partial charge in [-0.15, -0.1) is 0 Å². The SMILES string of the molecule is c1ccc(-c2ccc(-c3cccc(N(c4cccc5oc6cc(-c7ccccc7)ccc6c45)c4ccc(-c5ccccc5)c5oc6cc(-c7ccccc7)ccc6c45)c3)cc2)cc1. The average Bonchev–Trinajstić information content (AvgIpc) is 3.94. The van der Waals surface area contributed by atoms with E-state index in [9.17, 15) is 0 Å². The zero-order valence-corrected chi connectivity index (χ0v) is 34.3. The van der Waals surface area contributed by atoms with Crippen molar-refractivity contribution in [2.45, 2.75) is 0 Å². The normalized spacial score (nSPS) is 11.5. The molecule has 10 aromatic carbocycles. The van der Waals surface area contributed by atoms with Crippen molar-refractivity contribution in [3.05, 3.63) is 237 Å². The van der Waals surface area contributed by atoms with E-state index in [1.54, 1.807) is 0 Å². The summed E-state index contributed by atoms with van der Waals surface area (Å²) in [5.41, 5.74) is 17.7. The van der Waals surface area contributed by atoms with Gasteiger partial charge in [0.05, 0.1) is 22.1 Å². The summed E-state index contributed by atoms with van der Waals surface area (Å²) < 4.78 is 13.8. The van der Waals surface area contributed by atoms with Gasteiger partial charge in [-0.05, 0) is 111 Å². The summed E-state index contributed by atoms with van der Waals surface area (Å²) in [7, 11) is 0. The molecule has 0 aliphatic carbocycles. The molecule has 63 heavy (non-hydrogen) atoms. The molecule has 0 spiro atoms. The highest BCUT2D eigenvalue weighted by atomic mass is 16.3. The van der Waals surface area contributed by atoms with Crippen LogP contribution in [0.2, 0.25) is 0 Å². The van der Waals surface area contributed by atoms with Gasteiger partial charge in [0, 0.05) is 22.0 Å². The molecule has 2 aromatic heterocycles. The second-order valence-corrected chi connectivity index (χ2v) is 16.0. The van der Waals surface area contributed by atoms with Crippen LogP contribution in [-0.4, -0.2) is 0 Å². The van der Waals surface area contributed by atoms with Crippen molar-refractivity contribution in [3.8, 4) is 55.6 Å². The Morgan fingerprint density at radius 3 is 1.33 bits per heavy atom. The minimum atomic E-state index is 0.826. The Labute approximate surface area is 365 Å². The molecule has 0 amide bonds. The molecule has 0 radical (unpaired) electrons. The van der Waals surface area contributed by atoms with Crippen LogP contribution in [-0.2, 0) is 0 Å². The predicted octanol–water partition coefficient (Wildman–Crippen LogP) is 17.3. The number of anilines is 3. The highest BCUT2D eigenvalue weighted by Gasteiger charge is 2.25. The van der Waals surface area contributed by atoms with Crippen molar-refractivity contribution >= 4 is 60.9 Å². The van der Waals surface area contributed by atoms with Gasteiger partial charge in [-0.2, -0.15) is 0 Å². The Balaban J connectivity index is 1.11. The highest BCUT2D eigenvalue weighted by Crippen LogP contribution is 2.50. The molecule has 296 valence electrons. The lowest BCUT2D eigenvalue weighted by molar-refractivity contribution is 0.669. The largest absolute Gasteiger partial charge is 0.456 e. The number of furan rings is 2. The van der Waals surface area contributed by atoms with E-state index in [4.69, 9.17) is 8.83 Å². The fraction of sp³-hybridized carbons (Fsp3) is 0. The van der Waals surface area contributed by atoms with E-state index >= 15 is 0 Å². The molecule has 0 atom stereocenters. The molecule has 0 saturated carbocycles. The van der Waals surface area contributed by atoms with Gasteiger partial charge in [-0.3, -0.25) is 0 Å². The van der Waals surface area contributed by atoms with E-state index in [2.05, 4.69) is 235 Å². The molecule has 12 aromatic rings. The topological polar surface area (TPSA) is 29.5 Å². The predicted molar refractivity (Wildman–Crippen MR) is 263 cm³/mol. The first-order chi connectivity index (χ1) is 31.2. The first-order valence-corrected chi connectivity index (χ1v) is 21.4. The third-order valence-electron chi connectivity index (χ3n) is 12.3. The van der Waals surface area contributed by atoms with Crippen LogP contribution in [0.15, 0.2) is 245 Å². The molecule has 0 aliphatic rings. The molecule has 0 unspecified atom stereocenters. The van der Waals surface area contributed by atoms with Crippen molar-refractivity contribution in [1.82, 2.24) is 0 Å². The standard InChI is InChI=1S/C60H39NO2/c1-5-15-40(16-6-1)43-27-29-44(30-28-43)46-23-13-24-49(37-46)61(53-25-14-26-55-58(53)51-33-31-47(38-56(51)62-55)41-17-7-2-8-18-41)54-36-35-50(45-21-11-4-12-22-45)60-59(54)52-34-32-48(39-57(52)63-60)42-19-9-3-10-20-42/h1-39H. The second kappa shape index (κ2) is 15.3. The van der Waals surface area contributed by atoms with E-state index in [-0.39, 0.29) is 0 Å². The third kappa shape index (κ3) is 6.46. The van der Waals surface area contributed by atoms with Crippen molar-refractivity contribution in [3.63, 3.8) is 0 Å². The van der Waals surface area contributed by atoms with E-state index in [1.165, 1.54) is 11.1 Å². The Kier molecular flexibility index (Phi) is 8.83. The molecule has 2 heterocycles. The Morgan fingerprint density at radius 1 is 0.270 bits per heavy atom. The van der Waals surface area contributed by atoms with Crippen molar-refractivity contribution in [2.75, 3.05) is 4.90 Å². The zero-order chi connectivity index (χ0) is 41.7. The number of benzene rings is 10. The van der Waals surface area contributed by atoms with Gasteiger partial charge in [0.25, 0.3) is 0 Å². The Morgan fingerprint density at radius 2 is 0.714 bits per heavy atom. The van der Waals surface area contributed by atoms with Crippen LogP contribution < -0.4 is 4.90 Å². The lowest BCUT2D eigenvalue weighted by Crippen LogP contribution is -2.11. The van der Waals surface area contributed by atoms with E-state index in [0.29, 0.717) is 0 Å². The summed E-state index contributed by atoms with van der Waals surface area (Å²) in [5, 5.41) is 4.19. The minimum Gasteiger partial charge on any atom is -0.456 e. The third-order valence-corrected chi connectivity index (χ3v) is 12.3. The molecule has 0 fully saturated rings. The fourth-order valence-corrected chi connectivity index (χ4v) is 9.23. The van der Waals surface area contributed by atoms with E-state index in [0.717, 1.165) is 105 Å². The highest BCUT2D eigenvalue weighted by molar-refractivity contribution is 6.20. The Hall–Kier alpha value is -8.40. The smallest absolute Gasteiger partial charge is 0.145 e. The number of hydrogen-bond donors (Lipinski definition) is 0. The van der Waals surface area contributed by atoms with Gasteiger partial charge in [0.15, 0.2) is 0 Å². The second-order valence-electron chi connectivity index (χ2n) is 16.0. The van der Waals surface area contributed by atoms with Gasteiger partial charge in [-0.1, -0.05) is 176 Å². The quantitative estimate of drug-likeness (QED) is 0.153. The van der Waals surface area contributed by atoms with Gasteiger partial charge in [0.2, 0.25) is 0 Å². The maximum atomic E-state index is 7.06. The fourth-order valence-electron chi connectivity index (χ4n) is 9.23. The van der Waals surface area contributed by atoms with Gasteiger partial charge < -0.3 is 13.7 Å². The van der Waals surface area contributed by atoms with Crippen LogP contribution >= 0.6 is 0 Å². The number of hydrogen-bond acceptors (Lipinski definition) is 3. The average molecular weight is 806 g/mol. The minimum absolute atomic E-state index is 0.826. The lowest BCUT2D eigenvalue weighted by Gasteiger charge is -2.28. The van der Waals surface area contributed by atoms with Crippen LogP contribution in [0.3, 0.4) is 0 Å². The summed E-state index contributed by atoms with van der Waals surface area (Å²) in [6.45, 7) is 0. The maximum Gasteiger partial charge on any atom is 0.145 e. The molecular weight excluding hydrogens is 767 g/mol. The van der Waals surface area contributed by atoms with Crippen LogP contribution in [0.1, 0.15) is 0 Å². The van der Waals surface area contributed by atoms with Crippen LogP contribution in [0.4, 0.5) is 17.1 Å². The molecular formula is C60H39NO2. The molecule has 3 heteroatoms. The molecule has 0 saturated heterocycles. The first kappa shape index (κ1) is 36.5. The summed E-state index contributed by atoms with van der Waals surface area (Å²) in [5.74, 6) is 0. The van der Waals surface area contributed by atoms with Crippen LogP contribution in [0.25, 0.3) is 99.5 Å². The molecule has 3 nitrogen and oxygen atoms in total. The monoisotopic (exact) mass is 805 g/mol. The van der Waals surface area contributed by atoms with Crippen molar-refractivity contribution in [2.24, 2.45) is 0 Å². The van der Waals surface area contributed by atoms with Crippen LogP contribution in [0.5, 0.6) is 0 Å². The van der Waals surface area contributed by atoms with Gasteiger partial charge in [-0.25, -0.2) is 0 Å². The lowest BCUT2D eigenvalue weighted by atomic mass is 9.97. The molecule has 0 aliphatic heterocycles. The van der Waals surface area contributed by atoms with Crippen molar-refractivity contribution in [1.29, 1.82) is 0 Å². The Bertz CT molecular complexity index is 3590. The van der Waals surface area contributed by atoms with E-state index in [1.807, 2.05) is 6.07 Å². The van der Waals surface area contributed by atoms with Crippen molar-refractivity contribution < 1.29 is 8.83 Å². The summed E-state index contributed by atoms with van der Waals surface area (Å²) in [6.07, 6.45) is 0.